The molecule has 0 saturated heterocycles. The number of aryl methyl sites for hydroxylation is 1. The Labute approximate surface area is 122 Å². The molecule has 5 heteroatoms. The van der Waals surface area contributed by atoms with Gasteiger partial charge in [-0.3, -0.25) is 0 Å². The first kappa shape index (κ1) is 14.3. The number of ether oxygens (including phenoxy) is 1. The Morgan fingerprint density at radius 3 is 2.53 bits per heavy atom. The van der Waals surface area contributed by atoms with Crippen molar-refractivity contribution in [1.29, 1.82) is 0 Å². The molecular formula is C14H17ClN2OS. The molecule has 1 aromatic carbocycles. The minimum Gasteiger partial charge on any atom is -0.430 e. The highest BCUT2D eigenvalue weighted by Gasteiger charge is 2.15. The van der Waals surface area contributed by atoms with E-state index in [1.54, 1.807) is 0 Å². The first-order valence-corrected chi connectivity index (χ1v) is 7.42. The van der Waals surface area contributed by atoms with Crippen molar-refractivity contribution in [2.24, 2.45) is 0 Å². The van der Waals surface area contributed by atoms with E-state index in [0.29, 0.717) is 11.1 Å². The van der Waals surface area contributed by atoms with Crippen LogP contribution in [-0.2, 0) is 11.3 Å². The summed E-state index contributed by atoms with van der Waals surface area (Å²) < 4.78 is 5.75. The molecule has 1 aromatic heterocycles. The third kappa shape index (κ3) is 3.45. The summed E-state index contributed by atoms with van der Waals surface area (Å²) in [5, 5.41) is 9.18. The smallest absolute Gasteiger partial charge is 0.299 e. The number of hydrogen-bond donors (Lipinski definition) is 0. The van der Waals surface area contributed by atoms with Gasteiger partial charge in [0.25, 0.3) is 5.19 Å². The second-order valence-electron chi connectivity index (χ2n) is 5.43. The Morgan fingerprint density at radius 1 is 1.26 bits per heavy atom. The van der Waals surface area contributed by atoms with Gasteiger partial charge < -0.3 is 4.74 Å². The first-order valence-electron chi connectivity index (χ1n) is 6.07. The average Bonchev–Trinajstić information content (AvgIpc) is 2.78. The summed E-state index contributed by atoms with van der Waals surface area (Å²) in [4.78, 5) is 0. The van der Waals surface area contributed by atoms with Gasteiger partial charge in [-0.05, 0) is 29.5 Å². The van der Waals surface area contributed by atoms with Crippen molar-refractivity contribution in [2.75, 3.05) is 0 Å². The monoisotopic (exact) mass is 296 g/mol. The van der Waals surface area contributed by atoms with Crippen molar-refractivity contribution in [2.45, 2.75) is 39.0 Å². The standard InChI is InChI=1S/C14H17ClN2OS/c1-9-7-10(14(2,3)4)5-6-11(9)18-13-17-16-12(8-15)19-13/h5-7H,8H2,1-4H3. The minimum absolute atomic E-state index is 0.137. The molecule has 2 aromatic rings. The number of rotatable bonds is 3. The van der Waals surface area contributed by atoms with Crippen LogP contribution in [-0.4, -0.2) is 10.2 Å². The summed E-state index contributed by atoms with van der Waals surface area (Å²) in [6.07, 6.45) is 0. The van der Waals surface area contributed by atoms with Gasteiger partial charge in [-0.1, -0.05) is 49.3 Å². The van der Waals surface area contributed by atoms with Crippen molar-refractivity contribution in [3.63, 3.8) is 0 Å². The van der Waals surface area contributed by atoms with E-state index < -0.39 is 0 Å². The lowest BCUT2D eigenvalue weighted by atomic mass is 9.86. The summed E-state index contributed by atoms with van der Waals surface area (Å²) in [5.41, 5.74) is 2.52. The van der Waals surface area contributed by atoms with Crippen molar-refractivity contribution in [1.82, 2.24) is 10.2 Å². The van der Waals surface area contributed by atoms with Gasteiger partial charge in [-0.2, -0.15) is 0 Å². The highest BCUT2D eigenvalue weighted by molar-refractivity contribution is 7.13. The number of aromatic nitrogens is 2. The largest absolute Gasteiger partial charge is 0.430 e. The van der Waals surface area contributed by atoms with E-state index in [1.165, 1.54) is 16.9 Å². The topological polar surface area (TPSA) is 35.0 Å². The molecular weight excluding hydrogens is 280 g/mol. The number of alkyl halides is 1. The molecule has 0 bridgehead atoms. The molecule has 0 aliphatic carbocycles. The van der Waals surface area contributed by atoms with Crippen molar-refractivity contribution in [3.05, 3.63) is 34.3 Å². The molecule has 0 unspecified atom stereocenters. The normalized spacial score (nSPS) is 11.6. The van der Waals surface area contributed by atoms with E-state index in [4.69, 9.17) is 16.3 Å². The van der Waals surface area contributed by atoms with Gasteiger partial charge >= 0.3 is 0 Å². The summed E-state index contributed by atoms with van der Waals surface area (Å²) in [5.74, 6) is 1.17. The molecule has 0 saturated carbocycles. The van der Waals surface area contributed by atoms with Crippen LogP contribution in [0.3, 0.4) is 0 Å². The lowest BCUT2D eigenvalue weighted by Crippen LogP contribution is -2.11. The molecule has 0 N–H and O–H groups in total. The molecule has 0 fully saturated rings. The molecule has 2 rings (SSSR count). The van der Waals surface area contributed by atoms with Gasteiger partial charge in [-0.15, -0.1) is 16.7 Å². The second-order valence-corrected chi connectivity index (χ2v) is 6.72. The predicted molar refractivity (Wildman–Crippen MR) is 79.4 cm³/mol. The van der Waals surface area contributed by atoms with Gasteiger partial charge in [0.1, 0.15) is 10.8 Å². The highest BCUT2D eigenvalue weighted by Crippen LogP contribution is 2.31. The lowest BCUT2D eigenvalue weighted by molar-refractivity contribution is 0.468. The van der Waals surface area contributed by atoms with Gasteiger partial charge in [0.05, 0.1) is 5.88 Å². The molecule has 1 heterocycles. The number of nitrogens with zero attached hydrogens (tertiary/aromatic N) is 2. The van der Waals surface area contributed by atoms with Crippen LogP contribution in [0.4, 0.5) is 0 Å². The summed E-state index contributed by atoms with van der Waals surface area (Å²) in [6, 6.07) is 6.22. The fourth-order valence-electron chi connectivity index (χ4n) is 1.66. The van der Waals surface area contributed by atoms with Crippen LogP contribution in [0.25, 0.3) is 0 Å². The molecule has 0 spiro atoms. The van der Waals surface area contributed by atoms with Crippen LogP contribution < -0.4 is 4.74 Å². The highest BCUT2D eigenvalue weighted by atomic mass is 35.5. The minimum atomic E-state index is 0.137. The van der Waals surface area contributed by atoms with Crippen LogP contribution in [0.2, 0.25) is 0 Å². The van der Waals surface area contributed by atoms with Crippen molar-refractivity contribution < 1.29 is 4.74 Å². The Bertz CT molecular complexity index is 575. The molecule has 0 aliphatic rings. The Kier molecular flexibility index (Phi) is 4.11. The van der Waals surface area contributed by atoms with Crippen molar-refractivity contribution in [3.8, 4) is 10.9 Å². The molecule has 0 radical (unpaired) electrons. The van der Waals surface area contributed by atoms with E-state index in [-0.39, 0.29) is 5.41 Å². The van der Waals surface area contributed by atoms with Crippen LogP contribution in [0.5, 0.6) is 10.9 Å². The zero-order chi connectivity index (χ0) is 14.0. The molecule has 19 heavy (non-hydrogen) atoms. The molecule has 3 nitrogen and oxygen atoms in total. The van der Waals surface area contributed by atoms with Gasteiger partial charge in [0.2, 0.25) is 0 Å². The Hall–Kier alpha value is -1.13. The number of hydrogen-bond acceptors (Lipinski definition) is 4. The summed E-state index contributed by atoms with van der Waals surface area (Å²) >= 11 is 7.07. The van der Waals surface area contributed by atoms with E-state index in [1.807, 2.05) is 13.0 Å². The zero-order valence-corrected chi connectivity index (χ0v) is 13.1. The summed E-state index contributed by atoms with van der Waals surface area (Å²) in [7, 11) is 0. The average molecular weight is 297 g/mol. The van der Waals surface area contributed by atoms with E-state index in [2.05, 4.69) is 43.1 Å². The maximum Gasteiger partial charge on any atom is 0.299 e. The molecule has 102 valence electrons. The maximum atomic E-state index is 5.75. The fourth-order valence-corrected chi connectivity index (χ4v) is 2.43. The van der Waals surface area contributed by atoms with Gasteiger partial charge in [-0.25, -0.2) is 0 Å². The van der Waals surface area contributed by atoms with Gasteiger partial charge in [0, 0.05) is 0 Å². The van der Waals surface area contributed by atoms with E-state index in [9.17, 15) is 0 Å². The van der Waals surface area contributed by atoms with Crippen LogP contribution in [0.15, 0.2) is 18.2 Å². The zero-order valence-electron chi connectivity index (χ0n) is 11.5. The quantitative estimate of drug-likeness (QED) is 0.772. The second kappa shape index (κ2) is 5.47. The van der Waals surface area contributed by atoms with E-state index in [0.717, 1.165) is 16.3 Å². The maximum absolute atomic E-state index is 5.75. The molecule has 0 amide bonds. The van der Waals surface area contributed by atoms with Crippen LogP contribution >= 0.6 is 22.9 Å². The number of benzene rings is 1. The van der Waals surface area contributed by atoms with Crippen LogP contribution in [0.1, 0.15) is 36.9 Å². The Morgan fingerprint density at radius 2 is 2.00 bits per heavy atom. The van der Waals surface area contributed by atoms with E-state index >= 15 is 0 Å². The van der Waals surface area contributed by atoms with Crippen LogP contribution in [0, 0.1) is 6.92 Å². The van der Waals surface area contributed by atoms with Crippen molar-refractivity contribution >= 4 is 22.9 Å². The first-order chi connectivity index (χ1) is 8.90. The van der Waals surface area contributed by atoms with Gasteiger partial charge in [0.15, 0.2) is 0 Å². The number of halogens is 1. The molecule has 0 aliphatic heterocycles. The third-order valence-electron chi connectivity index (χ3n) is 2.80. The summed E-state index contributed by atoms with van der Waals surface area (Å²) in [6.45, 7) is 8.62. The SMILES string of the molecule is Cc1cc(C(C)(C)C)ccc1Oc1nnc(CCl)s1. The molecule has 0 atom stereocenters. The third-order valence-corrected chi connectivity index (χ3v) is 4.01. The fraction of sp³-hybridized carbons (Fsp3) is 0.429. The predicted octanol–water partition coefficient (Wildman–Crippen LogP) is 4.68. The lowest BCUT2D eigenvalue weighted by Gasteiger charge is -2.20. The Balaban J connectivity index is 2.22.